The van der Waals surface area contributed by atoms with Gasteiger partial charge in [-0.05, 0) is 38.1 Å². The number of piperidine rings is 1. The van der Waals surface area contributed by atoms with Crippen molar-refractivity contribution in [2.45, 2.75) is 37.8 Å². The minimum Gasteiger partial charge on any atom is -0.342 e. The number of carbonyl (C=O) groups is 1. The maximum Gasteiger partial charge on any atom is 0.236 e. The first-order valence-corrected chi connectivity index (χ1v) is 6.95. The molecule has 0 aromatic heterocycles. The van der Waals surface area contributed by atoms with Crippen LogP contribution in [-0.2, 0) is 4.79 Å². The third-order valence-corrected chi connectivity index (χ3v) is 4.52. The fourth-order valence-corrected chi connectivity index (χ4v) is 3.23. The number of rotatable bonds is 3. The van der Waals surface area contributed by atoms with E-state index in [4.69, 9.17) is 0 Å². The molecule has 2 saturated heterocycles. The van der Waals surface area contributed by atoms with Crippen LogP contribution in [0.5, 0.6) is 0 Å². The zero-order chi connectivity index (χ0) is 11.8. The van der Waals surface area contributed by atoms with Gasteiger partial charge in [-0.25, -0.2) is 0 Å². The van der Waals surface area contributed by atoms with Gasteiger partial charge in [0.15, 0.2) is 0 Å². The molecular formula is C13H23N3O. The molecule has 96 valence electrons. The third-order valence-electron chi connectivity index (χ3n) is 4.52. The Balaban J connectivity index is 1.50. The summed E-state index contributed by atoms with van der Waals surface area (Å²) in [6, 6.07) is 1.19. The highest BCUT2D eigenvalue weighted by atomic mass is 16.2. The van der Waals surface area contributed by atoms with Crippen LogP contribution >= 0.6 is 0 Å². The second kappa shape index (κ2) is 4.58. The lowest BCUT2D eigenvalue weighted by atomic mass is 9.94. The van der Waals surface area contributed by atoms with E-state index >= 15 is 0 Å². The van der Waals surface area contributed by atoms with Crippen molar-refractivity contribution in [1.82, 2.24) is 15.1 Å². The fraction of sp³-hybridized carbons (Fsp3) is 0.923. The van der Waals surface area contributed by atoms with Crippen LogP contribution in [0, 0.1) is 5.92 Å². The normalized spacial score (nSPS) is 33.5. The molecule has 0 spiro atoms. The largest absolute Gasteiger partial charge is 0.342 e. The topological polar surface area (TPSA) is 35.6 Å². The molecule has 3 fully saturated rings. The summed E-state index contributed by atoms with van der Waals surface area (Å²) >= 11 is 0. The van der Waals surface area contributed by atoms with E-state index < -0.39 is 0 Å². The first-order valence-electron chi connectivity index (χ1n) is 6.95. The Morgan fingerprint density at radius 1 is 1.35 bits per heavy atom. The molecule has 0 bridgehead atoms. The van der Waals surface area contributed by atoms with Gasteiger partial charge in [0.1, 0.15) is 0 Å². The maximum absolute atomic E-state index is 12.0. The summed E-state index contributed by atoms with van der Waals surface area (Å²) in [6.07, 6.45) is 5.04. The zero-order valence-corrected chi connectivity index (χ0v) is 10.7. The molecule has 0 aromatic carbocycles. The molecule has 2 unspecified atom stereocenters. The second-order valence-corrected chi connectivity index (χ2v) is 5.89. The van der Waals surface area contributed by atoms with Gasteiger partial charge in [-0.15, -0.1) is 0 Å². The molecule has 3 aliphatic rings. The van der Waals surface area contributed by atoms with Crippen molar-refractivity contribution >= 4 is 5.91 Å². The Kier molecular flexibility index (Phi) is 3.09. The van der Waals surface area contributed by atoms with E-state index in [2.05, 4.69) is 10.2 Å². The van der Waals surface area contributed by atoms with Crippen LogP contribution in [0.1, 0.15) is 25.7 Å². The first kappa shape index (κ1) is 11.5. The van der Waals surface area contributed by atoms with Crippen molar-refractivity contribution in [3.63, 3.8) is 0 Å². The van der Waals surface area contributed by atoms with E-state index in [1.807, 2.05) is 11.9 Å². The minimum absolute atomic E-state index is 0.311. The molecule has 0 aromatic rings. The Labute approximate surface area is 103 Å². The molecule has 2 atom stereocenters. The van der Waals surface area contributed by atoms with Crippen LogP contribution in [0.4, 0.5) is 0 Å². The highest BCUT2D eigenvalue weighted by molar-refractivity contribution is 5.78. The number of carbonyl (C=O) groups excluding carboxylic acids is 1. The number of nitrogens with zero attached hydrogens (tertiary/aromatic N) is 2. The Hall–Kier alpha value is -0.610. The summed E-state index contributed by atoms with van der Waals surface area (Å²) in [5.41, 5.74) is 0. The fourth-order valence-electron chi connectivity index (χ4n) is 3.23. The van der Waals surface area contributed by atoms with Gasteiger partial charge >= 0.3 is 0 Å². The smallest absolute Gasteiger partial charge is 0.236 e. The SMILES string of the molecule is CN(C(=O)CN1CC2CCCNC2C1)C1CC1. The molecular weight excluding hydrogens is 214 g/mol. The molecule has 4 heteroatoms. The molecule has 1 N–H and O–H groups in total. The van der Waals surface area contributed by atoms with Gasteiger partial charge in [0, 0.05) is 32.2 Å². The van der Waals surface area contributed by atoms with Gasteiger partial charge < -0.3 is 10.2 Å². The predicted octanol–water partition coefficient (Wildman–Crippen LogP) is 0.291. The molecule has 0 radical (unpaired) electrons. The molecule has 3 rings (SSSR count). The molecule has 1 amide bonds. The Morgan fingerprint density at radius 3 is 2.88 bits per heavy atom. The van der Waals surface area contributed by atoms with Gasteiger partial charge in [-0.2, -0.15) is 0 Å². The molecule has 4 nitrogen and oxygen atoms in total. The minimum atomic E-state index is 0.311. The lowest BCUT2D eigenvalue weighted by molar-refractivity contribution is -0.131. The summed E-state index contributed by atoms with van der Waals surface area (Å²) in [7, 11) is 1.96. The van der Waals surface area contributed by atoms with Gasteiger partial charge in [0.25, 0.3) is 0 Å². The quantitative estimate of drug-likeness (QED) is 0.766. The number of amides is 1. The van der Waals surface area contributed by atoms with Crippen LogP contribution < -0.4 is 5.32 Å². The summed E-state index contributed by atoms with van der Waals surface area (Å²) in [5, 5.41) is 3.58. The summed E-state index contributed by atoms with van der Waals surface area (Å²) in [4.78, 5) is 16.3. The van der Waals surface area contributed by atoms with Gasteiger partial charge in [-0.1, -0.05) is 0 Å². The number of hydrogen-bond donors (Lipinski definition) is 1. The van der Waals surface area contributed by atoms with Gasteiger partial charge in [0.05, 0.1) is 6.54 Å². The van der Waals surface area contributed by atoms with E-state index in [-0.39, 0.29) is 0 Å². The van der Waals surface area contributed by atoms with E-state index in [1.54, 1.807) is 0 Å². The monoisotopic (exact) mass is 237 g/mol. The number of likely N-dealkylation sites (tertiary alicyclic amines) is 1. The summed E-state index contributed by atoms with van der Waals surface area (Å²) in [5.74, 6) is 1.09. The van der Waals surface area contributed by atoms with Crippen molar-refractivity contribution in [1.29, 1.82) is 0 Å². The van der Waals surface area contributed by atoms with Crippen LogP contribution in [0.15, 0.2) is 0 Å². The van der Waals surface area contributed by atoms with Crippen molar-refractivity contribution in [3.05, 3.63) is 0 Å². The zero-order valence-electron chi connectivity index (χ0n) is 10.7. The van der Waals surface area contributed by atoms with Crippen molar-refractivity contribution in [3.8, 4) is 0 Å². The standard InChI is InChI=1S/C13H23N3O/c1-15(11-4-5-11)13(17)9-16-7-10-3-2-6-14-12(10)8-16/h10-12,14H,2-9H2,1H3. The van der Waals surface area contributed by atoms with Crippen molar-refractivity contribution < 1.29 is 4.79 Å². The Morgan fingerprint density at radius 2 is 2.18 bits per heavy atom. The second-order valence-electron chi connectivity index (χ2n) is 5.89. The van der Waals surface area contributed by atoms with Crippen LogP contribution in [-0.4, -0.2) is 61.0 Å². The lowest BCUT2D eigenvalue weighted by Gasteiger charge is -2.24. The lowest BCUT2D eigenvalue weighted by Crippen LogP contribution is -2.41. The first-order chi connectivity index (χ1) is 8.24. The highest BCUT2D eigenvalue weighted by Crippen LogP contribution is 2.27. The van der Waals surface area contributed by atoms with E-state index in [0.29, 0.717) is 24.5 Å². The van der Waals surface area contributed by atoms with E-state index in [9.17, 15) is 4.79 Å². The number of likely N-dealkylation sites (N-methyl/N-ethyl adjacent to an activating group) is 1. The number of nitrogens with one attached hydrogen (secondary N) is 1. The number of hydrogen-bond acceptors (Lipinski definition) is 3. The maximum atomic E-state index is 12.0. The van der Waals surface area contributed by atoms with Crippen LogP contribution in [0.2, 0.25) is 0 Å². The van der Waals surface area contributed by atoms with E-state index in [1.165, 1.54) is 25.7 Å². The molecule has 2 aliphatic heterocycles. The molecule has 17 heavy (non-hydrogen) atoms. The number of fused-ring (bicyclic) bond motifs is 1. The van der Waals surface area contributed by atoms with Crippen LogP contribution in [0.25, 0.3) is 0 Å². The molecule has 1 saturated carbocycles. The highest BCUT2D eigenvalue weighted by Gasteiger charge is 2.36. The van der Waals surface area contributed by atoms with Crippen molar-refractivity contribution in [2.75, 3.05) is 33.2 Å². The van der Waals surface area contributed by atoms with Crippen LogP contribution in [0.3, 0.4) is 0 Å². The average Bonchev–Trinajstić information content (AvgIpc) is 3.08. The van der Waals surface area contributed by atoms with E-state index in [0.717, 1.165) is 25.6 Å². The average molecular weight is 237 g/mol. The third kappa shape index (κ3) is 2.47. The Bertz CT molecular complexity index is 289. The van der Waals surface area contributed by atoms with Gasteiger partial charge in [0.2, 0.25) is 5.91 Å². The summed E-state index contributed by atoms with van der Waals surface area (Å²) in [6.45, 7) is 3.96. The molecule has 1 aliphatic carbocycles. The predicted molar refractivity (Wildman–Crippen MR) is 66.7 cm³/mol. The van der Waals surface area contributed by atoms with Gasteiger partial charge in [-0.3, -0.25) is 9.69 Å². The summed E-state index contributed by atoms with van der Waals surface area (Å²) < 4.78 is 0. The molecule has 2 heterocycles. The van der Waals surface area contributed by atoms with Crippen molar-refractivity contribution in [2.24, 2.45) is 5.92 Å².